The molecule has 4 aromatic rings. The number of methoxy groups -OCH3 is 1. The van der Waals surface area contributed by atoms with Crippen molar-refractivity contribution >= 4 is 39.3 Å². The second-order valence-corrected chi connectivity index (χ2v) is 10.8. The minimum atomic E-state index is -0.872. The van der Waals surface area contributed by atoms with Crippen LogP contribution in [0.5, 0.6) is 11.5 Å². The van der Waals surface area contributed by atoms with Crippen LogP contribution in [0.25, 0.3) is 11.0 Å². The number of carbonyl (C=O) groups excluding carboxylic acids is 2. The minimum Gasteiger partial charge on any atom is -0.490 e. The van der Waals surface area contributed by atoms with Gasteiger partial charge in [-0.1, -0.05) is 48.8 Å². The maximum absolute atomic E-state index is 14.0. The van der Waals surface area contributed by atoms with E-state index < -0.39 is 17.9 Å². The Morgan fingerprint density at radius 3 is 2.59 bits per heavy atom. The Balaban J connectivity index is 1.69. The average Bonchev–Trinajstić information content (AvgIpc) is 3.49. The summed E-state index contributed by atoms with van der Waals surface area (Å²) in [4.78, 5) is 46.6. The largest absolute Gasteiger partial charge is 0.490 e. The van der Waals surface area contributed by atoms with E-state index in [1.165, 1.54) is 12.0 Å². The molecular weight excluding hydrogens is 544 g/mol. The second-order valence-electron chi connectivity index (χ2n) is 9.85. The van der Waals surface area contributed by atoms with Crippen molar-refractivity contribution in [3.8, 4) is 11.5 Å². The SMILES string of the molecule is CCCCCOc1ccc(C2c3c(oc4ccc(C)cc4c3=O)C(=O)N2c2nc(C)c(C(=O)OC)s2)cc1OCC. The normalized spacial score (nSPS) is 14.4. The Hall–Kier alpha value is -4.18. The van der Waals surface area contributed by atoms with Gasteiger partial charge >= 0.3 is 5.97 Å². The first-order valence-electron chi connectivity index (χ1n) is 13.6. The molecule has 10 heteroatoms. The van der Waals surface area contributed by atoms with E-state index in [0.29, 0.717) is 46.9 Å². The number of hydrogen-bond donors (Lipinski definition) is 0. The van der Waals surface area contributed by atoms with Gasteiger partial charge in [-0.25, -0.2) is 9.78 Å². The van der Waals surface area contributed by atoms with Crippen molar-refractivity contribution in [2.45, 2.75) is 53.0 Å². The number of aromatic nitrogens is 1. The molecule has 0 saturated carbocycles. The third kappa shape index (κ3) is 5.19. The Labute approximate surface area is 241 Å². The van der Waals surface area contributed by atoms with Crippen molar-refractivity contribution in [1.82, 2.24) is 4.98 Å². The zero-order valence-electron chi connectivity index (χ0n) is 23.7. The zero-order chi connectivity index (χ0) is 29.3. The number of carbonyl (C=O) groups is 2. The first-order chi connectivity index (χ1) is 19.8. The Bertz CT molecular complexity index is 1690. The molecule has 0 fully saturated rings. The molecule has 214 valence electrons. The third-order valence-corrected chi connectivity index (χ3v) is 8.11. The maximum atomic E-state index is 14.0. The Morgan fingerprint density at radius 1 is 1.05 bits per heavy atom. The summed E-state index contributed by atoms with van der Waals surface area (Å²) in [5.74, 6) is -0.0316. The average molecular weight is 577 g/mol. The van der Waals surface area contributed by atoms with Gasteiger partial charge in [0, 0.05) is 0 Å². The molecule has 9 nitrogen and oxygen atoms in total. The fraction of sp³-hybridized carbons (Fsp3) is 0.355. The van der Waals surface area contributed by atoms with E-state index >= 15 is 0 Å². The summed E-state index contributed by atoms with van der Waals surface area (Å²) in [6, 6.07) is 9.81. The molecule has 3 heterocycles. The molecule has 1 aliphatic rings. The van der Waals surface area contributed by atoms with Gasteiger partial charge in [0.25, 0.3) is 5.91 Å². The van der Waals surface area contributed by atoms with Crippen LogP contribution in [0.1, 0.15) is 81.8 Å². The highest BCUT2D eigenvalue weighted by atomic mass is 32.1. The van der Waals surface area contributed by atoms with Crippen LogP contribution >= 0.6 is 11.3 Å². The lowest BCUT2D eigenvalue weighted by molar-refractivity contribution is 0.0605. The molecule has 0 saturated heterocycles. The van der Waals surface area contributed by atoms with E-state index in [2.05, 4.69) is 11.9 Å². The lowest BCUT2D eigenvalue weighted by Crippen LogP contribution is -2.29. The van der Waals surface area contributed by atoms with E-state index in [0.717, 1.165) is 36.2 Å². The maximum Gasteiger partial charge on any atom is 0.350 e. The molecule has 0 bridgehead atoms. The van der Waals surface area contributed by atoms with E-state index in [1.54, 1.807) is 31.2 Å². The van der Waals surface area contributed by atoms with Crippen LogP contribution in [0.2, 0.25) is 0 Å². The summed E-state index contributed by atoms with van der Waals surface area (Å²) < 4.78 is 22.9. The molecule has 0 radical (unpaired) electrons. The van der Waals surface area contributed by atoms with Crippen molar-refractivity contribution in [3.63, 3.8) is 0 Å². The fourth-order valence-electron chi connectivity index (χ4n) is 4.98. The molecule has 41 heavy (non-hydrogen) atoms. The van der Waals surface area contributed by atoms with Gasteiger partial charge in [-0.15, -0.1) is 0 Å². The standard InChI is InChI=1S/C31H32N2O7S/c1-6-8-9-14-39-22-13-11-19(16-23(22)38-7-2)25-24-26(34)20-15-17(3)10-12-21(20)40-27(24)29(35)33(25)31-32-18(4)28(41-31)30(36)37-5/h10-13,15-16,25H,6-9,14H2,1-5H3. The number of fused-ring (bicyclic) bond motifs is 2. The Morgan fingerprint density at radius 2 is 1.85 bits per heavy atom. The lowest BCUT2D eigenvalue weighted by atomic mass is 9.98. The van der Waals surface area contributed by atoms with Gasteiger partial charge in [-0.05, 0) is 57.0 Å². The molecule has 0 N–H and O–H groups in total. The van der Waals surface area contributed by atoms with E-state index in [4.69, 9.17) is 18.6 Å². The molecule has 1 unspecified atom stereocenters. The molecule has 0 aliphatic carbocycles. The number of ether oxygens (including phenoxy) is 3. The highest BCUT2D eigenvalue weighted by Gasteiger charge is 2.45. The highest BCUT2D eigenvalue weighted by Crippen LogP contribution is 2.45. The number of unbranched alkanes of at least 4 members (excludes halogenated alkanes) is 2. The molecule has 1 aliphatic heterocycles. The van der Waals surface area contributed by atoms with Crippen molar-refractivity contribution in [3.05, 3.63) is 79.6 Å². The van der Waals surface area contributed by atoms with Crippen LogP contribution < -0.4 is 19.8 Å². The van der Waals surface area contributed by atoms with E-state index in [1.807, 2.05) is 26.0 Å². The molecule has 0 spiro atoms. The van der Waals surface area contributed by atoms with E-state index in [9.17, 15) is 14.4 Å². The van der Waals surface area contributed by atoms with Crippen molar-refractivity contribution in [2.24, 2.45) is 0 Å². The second kappa shape index (κ2) is 11.7. The summed E-state index contributed by atoms with van der Waals surface area (Å²) >= 11 is 1.03. The molecule has 1 atom stereocenters. The molecule has 1 amide bonds. The van der Waals surface area contributed by atoms with E-state index in [-0.39, 0.29) is 26.8 Å². The van der Waals surface area contributed by atoms with Gasteiger partial charge < -0.3 is 18.6 Å². The zero-order valence-corrected chi connectivity index (χ0v) is 24.6. The third-order valence-electron chi connectivity index (χ3n) is 6.98. The summed E-state index contributed by atoms with van der Waals surface area (Å²) in [6.45, 7) is 8.53. The number of hydrogen-bond acceptors (Lipinski definition) is 9. The van der Waals surface area contributed by atoms with Crippen molar-refractivity contribution < 1.29 is 28.2 Å². The van der Waals surface area contributed by atoms with Gasteiger partial charge in [0.05, 0.1) is 43.0 Å². The van der Waals surface area contributed by atoms with Crippen LogP contribution in [0.4, 0.5) is 5.13 Å². The van der Waals surface area contributed by atoms with Gasteiger partial charge in [-0.3, -0.25) is 14.5 Å². The van der Waals surface area contributed by atoms with Crippen LogP contribution in [-0.4, -0.2) is 37.2 Å². The summed E-state index contributed by atoms with van der Waals surface area (Å²) in [7, 11) is 1.29. The smallest absolute Gasteiger partial charge is 0.350 e. The number of nitrogens with zero attached hydrogens (tertiary/aromatic N) is 2. The summed E-state index contributed by atoms with van der Waals surface area (Å²) in [5, 5.41) is 0.636. The molecule has 2 aromatic carbocycles. The number of anilines is 1. The number of esters is 1. The van der Waals surface area contributed by atoms with Crippen molar-refractivity contribution in [2.75, 3.05) is 25.2 Å². The predicted octanol–water partition coefficient (Wildman–Crippen LogP) is 6.37. The number of rotatable bonds is 10. The monoisotopic (exact) mass is 576 g/mol. The number of amides is 1. The van der Waals surface area contributed by atoms with Gasteiger partial charge in [-0.2, -0.15) is 0 Å². The molecule has 5 rings (SSSR count). The number of aryl methyl sites for hydroxylation is 2. The number of thiazole rings is 1. The van der Waals surface area contributed by atoms with Gasteiger partial charge in [0.1, 0.15) is 10.5 Å². The predicted molar refractivity (Wildman–Crippen MR) is 157 cm³/mol. The summed E-state index contributed by atoms with van der Waals surface area (Å²) in [5.41, 5.74) is 2.16. The topological polar surface area (TPSA) is 108 Å². The van der Waals surface area contributed by atoms with Crippen molar-refractivity contribution in [1.29, 1.82) is 0 Å². The molecular formula is C31H32N2O7S. The van der Waals surface area contributed by atoms with Crippen LogP contribution in [0, 0.1) is 13.8 Å². The highest BCUT2D eigenvalue weighted by molar-refractivity contribution is 7.17. The first kappa shape index (κ1) is 28.4. The fourth-order valence-corrected chi connectivity index (χ4v) is 6.00. The van der Waals surface area contributed by atoms with Crippen LogP contribution in [0.3, 0.4) is 0 Å². The van der Waals surface area contributed by atoms with Gasteiger partial charge in [0.2, 0.25) is 5.76 Å². The Kier molecular flexibility index (Phi) is 8.12. The first-order valence-corrected chi connectivity index (χ1v) is 14.5. The summed E-state index contributed by atoms with van der Waals surface area (Å²) in [6.07, 6.45) is 3.06. The van der Waals surface area contributed by atoms with Gasteiger partial charge in [0.15, 0.2) is 22.1 Å². The quantitative estimate of drug-likeness (QED) is 0.158. The lowest BCUT2D eigenvalue weighted by Gasteiger charge is -2.23. The minimum absolute atomic E-state index is 0.0540. The molecule has 2 aromatic heterocycles. The van der Waals surface area contributed by atoms with Crippen LogP contribution in [0.15, 0.2) is 45.6 Å². The number of benzene rings is 2. The van der Waals surface area contributed by atoms with Crippen LogP contribution in [-0.2, 0) is 4.74 Å².